The summed E-state index contributed by atoms with van der Waals surface area (Å²) in [5.74, 6) is -0.381. The third-order valence-corrected chi connectivity index (χ3v) is 7.70. The summed E-state index contributed by atoms with van der Waals surface area (Å²) >= 11 is 0. The number of pyridine rings is 1. The Morgan fingerprint density at radius 1 is 1.11 bits per heavy atom. The Morgan fingerprint density at radius 3 is 2.51 bits per heavy atom. The summed E-state index contributed by atoms with van der Waals surface area (Å²) < 4.78 is 17.2. The molecule has 4 heterocycles. The van der Waals surface area contributed by atoms with Gasteiger partial charge in [0.2, 0.25) is 5.91 Å². The van der Waals surface area contributed by atoms with E-state index in [2.05, 4.69) is 51.4 Å². The van der Waals surface area contributed by atoms with Gasteiger partial charge in [0.05, 0.1) is 11.1 Å². The largest absolute Gasteiger partial charge is 0.351 e. The average Bonchev–Trinajstić information content (AvgIpc) is 3.47. The molecule has 2 saturated heterocycles. The van der Waals surface area contributed by atoms with Crippen LogP contribution in [0.3, 0.4) is 0 Å². The first-order valence-electron chi connectivity index (χ1n) is 12.5. The Bertz CT molecular complexity index is 1170. The molecule has 7 heteroatoms. The number of halogens is 1. The summed E-state index contributed by atoms with van der Waals surface area (Å²) in [5, 5.41) is 3.30. The number of amides is 1. The van der Waals surface area contributed by atoms with Crippen molar-refractivity contribution in [1.82, 2.24) is 24.7 Å². The summed E-state index contributed by atoms with van der Waals surface area (Å²) in [7, 11) is 3.95. The van der Waals surface area contributed by atoms with Gasteiger partial charge in [0, 0.05) is 38.6 Å². The van der Waals surface area contributed by atoms with Crippen molar-refractivity contribution in [2.45, 2.75) is 37.3 Å². The molecule has 2 aliphatic rings. The zero-order chi connectivity index (χ0) is 24.4. The lowest BCUT2D eigenvalue weighted by Crippen LogP contribution is -2.54. The quantitative estimate of drug-likeness (QED) is 0.592. The third-order valence-electron chi connectivity index (χ3n) is 7.70. The molecule has 1 N–H and O–H groups in total. The molecule has 1 atom stereocenters. The number of benzene rings is 1. The minimum Gasteiger partial charge on any atom is -0.351 e. The molecule has 0 saturated carbocycles. The number of aryl methyl sites for hydroxylation is 1. The van der Waals surface area contributed by atoms with Gasteiger partial charge in [0.15, 0.2) is 5.82 Å². The molecule has 0 spiro atoms. The lowest BCUT2D eigenvalue weighted by molar-refractivity contribution is -0.129. The predicted molar refractivity (Wildman–Crippen MR) is 135 cm³/mol. The van der Waals surface area contributed by atoms with Gasteiger partial charge in [-0.05, 0) is 75.3 Å². The fraction of sp³-hybridized carbons (Fsp3) is 0.429. The highest BCUT2D eigenvalue weighted by Crippen LogP contribution is 2.38. The maximum absolute atomic E-state index is 15.4. The van der Waals surface area contributed by atoms with Crippen LogP contribution in [0.5, 0.6) is 0 Å². The number of likely N-dealkylation sites (tertiary alicyclic amines) is 2. The Balaban J connectivity index is 1.41. The molecule has 6 nitrogen and oxygen atoms in total. The summed E-state index contributed by atoms with van der Waals surface area (Å²) in [4.78, 5) is 23.0. The molecule has 184 valence electrons. The molecule has 0 radical (unpaired) electrons. The minimum absolute atomic E-state index is 0.00461. The number of likely N-dealkylation sites (N-methyl/N-ethyl adjacent to an activating group) is 1. The lowest BCUT2D eigenvalue weighted by atomic mass is 9.72. The Labute approximate surface area is 206 Å². The van der Waals surface area contributed by atoms with Crippen molar-refractivity contribution >= 4 is 5.91 Å². The van der Waals surface area contributed by atoms with Crippen molar-refractivity contribution in [3.63, 3.8) is 0 Å². The van der Waals surface area contributed by atoms with E-state index >= 15 is 4.39 Å². The van der Waals surface area contributed by atoms with Crippen molar-refractivity contribution in [3.05, 3.63) is 77.9 Å². The van der Waals surface area contributed by atoms with Crippen LogP contribution in [-0.4, -0.2) is 64.5 Å². The summed E-state index contributed by atoms with van der Waals surface area (Å²) in [6, 6.07) is 15.8. The number of aromatic nitrogens is 2. The Hall–Kier alpha value is -3.03. The summed E-state index contributed by atoms with van der Waals surface area (Å²) in [6.07, 6.45) is 5.81. The second-order valence-corrected chi connectivity index (χ2v) is 10.1. The molecule has 2 aliphatic heterocycles. The van der Waals surface area contributed by atoms with E-state index in [1.807, 2.05) is 36.0 Å². The number of rotatable bonds is 6. The topological polar surface area (TPSA) is 53.4 Å². The van der Waals surface area contributed by atoms with E-state index < -0.39 is 5.41 Å². The fourth-order valence-electron chi connectivity index (χ4n) is 5.55. The smallest absolute Gasteiger partial charge is 0.231 e. The second-order valence-electron chi connectivity index (χ2n) is 10.1. The number of nitrogens with one attached hydrogen (secondary N) is 1. The van der Waals surface area contributed by atoms with Crippen LogP contribution in [-0.2, 0) is 23.8 Å². The maximum Gasteiger partial charge on any atom is 0.231 e. The molecule has 35 heavy (non-hydrogen) atoms. The molecular formula is C28H34FN5O. The molecule has 5 rings (SSSR count). The van der Waals surface area contributed by atoms with Gasteiger partial charge in [-0.25, -0.2) is 4.39 Å². The van der Waals surface area contributed by atoms with Crippen LogP contribution >= 0.6 is 0 Å². The zero-order valence-electron chi connectivity index (χ0n) is 20.6. The van der Waals surface area contributed by atoms with Crippen molar-refractivity contribution in [1.29, 1.82) is 0 Å². The predicted octanol–water partition coefficient (Wildman–Crippen LogP) is 3.58. The van der Waals surface area contributed by atoms with Crippen LogP contribution in [0.2, 0.25) is 0 Å². The normalized spacial score (nSPS) is 20.7. The van der Waals surface area contributed by atoms with E-state index in [0.29, 0.717) is 24.1 Å². The van der Waals surface area contributed by atoms with E-state index in [0.717, 1.165) is 44.8 Å². The Morgan fingerprint density at radius 2 is 1.89 bits per heavy atom. The van der Waals surface area contributed by atoms with E-state index in [1.165, 1.54) is 5.56 Å². The van der Waals surface area contributed by atoms with Crippen molar-refractivity contribution in [3.8, 4) is 11.4 Å². The number of piperidine rings is 1. The van der Waals surface area contributed by atoms with Crippen LogP contribution in [0.4, 0.5) is 4.39 Å². The molecule has 2 fully saturated rings. The van der Waals surface area contributed by atoms with Gasteiger partial charge >= 0.3 is 0 Å². The first kappa shape index (κ1) is 23.7. The highest BCUT2D eigenvalue weighted by molar-refractivity contribution is 5.88. The third kappa shape index (κ3) is 4.88. The van der Waals surface area contributed by atoms with E-state index in [4.69, 9.17) is 0 Å². The molecule has 0 unspecified atom stereocenters. The van der Waals surface area contributed by atoms with Gasteiger partial charge in [-0.3, -0.25) is 14.7 Å². The molecular weight excluding hydrogens is 441 g/mol. The van der Waals surface area contributed by atoms with Gasteiger partial charge in [-0.15, -0.1) is 0 Å². The molecule has 0 aliphatic carbocycles. The van der Waals surface area contributed by atoms with E-state index in [-0.39, 0.29) is 17.8 Å². The van der Waals surface area contributed by atoms with Gasteiger partial charge in [-0.1, -0.05) is 30.3 Å². The first-order valence-corrected chi connectivity index (χ1v) is 12.5. The highest BCUT2D eigenvalue weighted by atomic mass is 19.1. The fourth-order valence-corrected chi connectivity index (χ4v) is 5.55. The van der Waals surface area contributed by atoms with Crippen LogP contribution in [0.15, 0.2) is 60.9 Å². The van der Waals surface area contributed by atoms with Crippen LogP contribution in [0, 0.1) is 5.82 Å². The summed E-state index contributed by atoms with van der Waals surface area (Å²) in [6.45, 7) is 4.22. The number of hydrogen-bond acceptors (Lipinski definition) is 4. The van der Waals surface area contributed by atoms with Crippen molar-refractivity contribution in [2.24, 2.45) is 7.05 Å². The van der Waals surface area contributed by atoms with Gasteiger partial charge in [0.25, 0.3) is 0 Å². The monoisotopic (exact) mass is 475 g/mol. The SMILES string of the molecule is CN1CC[C@H](NC(=O)C2(c3cnc(-c4cccn4C)c(F)c3)CCN(Cc3ccccc3)CC2)C1. The molecule has 1 aromatic carbocycles. The average molecular weight is 476 g/mol. The van der Waals surface area contributed by atoms with E-state index in [9.17, 15) is 4.79 Å². The standard InChI is InChI=1S/C28H34FN5O/c1-32-14-10-23(20-32)31-27(35)28(11-15-34(16-12-28)19-21-7-4-3-5-8-21)22-17-24(29)26(30-18-22)25-9-6-13-33(25)2/h3-9,13,17-18,23H,10-12,14-16,19-20H2,1-2H3,(H,31,35)/t23-/m0/s1. The van der Waals surface area contributed by atoms with Crippen LogP contribution < -0.4 is 5.32 Å². The maximum atomic E-state index is 15.4. The number of carbonyl (C=O) groups is 1. The molecule has 0 bridgehead atoms. The van der Waals surface area contributed by atoms with Crippen LogP contribution in [0.1, 0.15) is 30.4 Å². The number of carbonyl (C=O) groups excluding carboxylic acids is 1. The second kappa shape index (κ2) is 9.91. The molecule has 3 aromatic rings. The van der Waals surface area contributed by atoms with Crippen molar-refractivity contribution in [2.75, 3.05) is 33.2 Å². The first-order chi connectivity index (χ1) is 16.9. The van der Waals surface area contributed by atoms with Gasteiger partial charge < -0.3 is 14.8 Å². The lowest BCUT2D eigenvalue weighted by Gasteiger charge is -2.41. The zero-order valence-corrected chi connectivity index (χ0v) is 20.6. The van der Waals surface area contributed by atoms with Crippen molar-refractivity contribution < 1.29 is 9.18 Å². The number of nitrogens with zero attached hydrogens (tertiary/aromatic N) is 4. The molecule has 2 aromatic heterocycles. The van der Waals surface area contributed by atoms with Gasteiger partial charge in [-0.2, -0.15) is 0 Å². The van der Waals surface area contributed by atoms with E-state index in [1.54, 1.807) is 12.3 Å². The van der Waals surface area contributed by atoms with Gasteiger partial charge in [0.1, 0.15) is 5.69 Å². The molecule has 1 amide bonds. The minimum atomic E-state index is -0.783. The number of hydrogen-bond donors (Lipinski definition) is 1. The summed E-state index contributed by atoms with van der Waals surface area (Å²) in [5.41, 5.74) is 2.19. The Kier molecular flexibility index (Phi) is 6.71. The highest BCUT2D eigenvalue weighted by Gasteiger charge is 2.44. The van der Waals surface area contributed by atoms with Crippen LogP contribution in [0.25, 0.3) is 11.4 Å².